The molecule has 1 aromatic heterocycles. The number of fused-ring (bicyclic) bond motifs is 1. The van der Waals surface area contributed by atoms with Gasteiger partial charge in [-0.25, -0.2) is 0 Å². The van der Waals surface area contributed by atoms with Crippen molar-refractivity contribution in [3.63, 3.8) is 0 Å². The van der Waals surface area contributed by atoms with Crippen LogP contribution in [0.1, 0.15) is 41.0 Å². The first-order valence-corrected chi connectivity index (χ1v) is 9.32. The van der Waals surface area contributed by atoms with E-state index in [1.165, 1.54) is 6.42 Å². The van der Waals surface area contributed by atoms with Gasteiger partial charge in [0, 0.05) is 35.5 Å². The first-order valence-electron chi connectivity index (χ1n) is 9.32. The van der Waals surface area contributed by atoms with Crippen LogP contribution in [0.15, 0.2) is 42.5 Å². The average molecular weight is 361 g/mol. The molecule has 0 spiro atoms. The molecular weight excluding hydrogens is 338 g/mol. The lowest BCUT2D eigenvalue weighted by Gasteiger charge is -2.12. The number of nitrogens with two attached hydrogens (primary N) is 1. The molecular formula is C21H23N5O. The van der Waals surface area contributed by atoms with Crippen molar-refractivity contribution in [1.82, 2.24) is 14.8 Å². The Morgan fingerprint density at radius 2 is 2.00 bits per heavy atom. The van der Waals surface area contributed by atoms with Gasteiger partial charge in [0.25, 0.3) is 5.91 Å². The second-order valence-electron chi connectivity index (χ2n) is 7.01. The van der Waals surface area contributed by atoms with Gasteiger partial charge < -0.3 is 15.6 Å². The number of carbonyl (C=O) groups excluding carboxylic acids is 1. The number of carbonyl (C=O) groups is 1. The van der Waals surface area contributed by atoms with Crippen LogP contribution in [0.3, 0.4) is 0 Å². The lowest BCUT2D eigenvalue weighted by Crippen LogP contribution is -2.13. The highest BCUT2D eigenvalue weighted by Gasteiger charge is 2.17. The van der Waals surface area contributed by atoms with Crippen LogP contribution in [0, 0.1) is 6.92 Å². The molecule has 1 aliphatic heterocycles. The van der Waals surface area contributed by atoms with Crippen molar-refractivity contribution in [2.75, 3.05) is 11.1 Å². The summed E-state index contributed by atoms with van der Waals surface area (Å²) in [6.07, 6.45) is 4.49. The Hall–Kier alpha value is -3.15. The highest BCUT2D eigenvalue weighted by Crippen LogP contribution is 2.27. The average Bonchev–Trinajstić information content (AvgIpc) is 2.91. The largest absolute Gasteiger partial charge is 0.399 e. The molecule has 0 bridgehead atoms. The van der Waals surface area contributed by atoms with Crippen molar-refractivity contribution in [1.29, 1.82) is 0 Å². The molecule has 4 rings (SSSR count). The zero-order valence-corrected chi connectivity index (χ0v) is 15.4. The fourth-order valence-electron chi connectivity index (χ4n) is 3.47. The second kappa shape index (κ2) is 7.23. The first kappa shape index (κ1) is 17.3. The third-order valence-corrected chi connectivity index (χ3v) is 5.00. The van der Waals surface area contributed by atoms with Gasteiger partial charge in [0.05, 0.1) is 0 Å². The van der Waals surface area contributed by atoms with Gasteiger partial charge in [0.2, 0.25) is 0 Å². The molecule has 1 aliphatic rings. The Bertz CT molecular complexity index is 992. The maximum absolute atomic E-state index is 12.6. The Morgan fingerprint density at radius 1 is 1.11 bits per heavy atom. The number of nitrogens with zero attached hydrogens (tertiary/aromatic N) is 3. The number of aryl methyl sites for hydroxylation is 2. The maximum Gasteiger partial charge on any atom is 0.255 e. The molecule has 6 nitrogen and oxygen atoms in total. The topological polar surface area (TPSA) is 85.8 Å². The molecule has 3 N–H and O–H groups in total. The van der Waals surface area contributed by atoms with Gasteiger partial charge in [0.15, 0.2) is 5.82 Å². The van der Waals surface area contributed by atoms with Gasteiger partial charge in [-0.3, -0.25) is 4.79 Å². The number of hydrogen-bond donors (Lipinski definition) is 2. The number of nitrogen functional groups attached to an aromatic ring is 1. The number of nitrogens with one attached hydrogen (secondary N) is 1. The van der Waals surface area contributed by atoms with Crippen LogP contribution in [0.4, 0.5) is 11.4 Å². The quantitative estimate of drug-likeness (QED) is 0.695. The van der Waals surface area contributed by atoms with Crippen molar-refractivity contribution < 1.29 is 4.79 Å². The Kier molecular flexibility index (Phi) is 4.62. The van der Waals surface area contributed by atoms with Crippen LogP contribution < -0.4 is 11.1 Å². The molecule has 138 valence electrons. The predicted octanol–water partition coefficient (Wildman–Crippen LogP) is 3.81. The van der Waals surface area contributed by atoms with Gasteiger partial charge in [-0.15, -0.1) is 10.2 Å². The summed E-state index contributed by atoms with van der Waals surface area (Å²) in [4.78, 5) is 12.6. The number of aromatic nitrogens is 3. The van der Waals surface area contributed by atoms with Gasteiger partial charge in [0.1, 0.15) is 5.82 Å². The fourth-order valence-corrected chi connectivity index (χ4v) is 3.47. The minimum atomic E-state index is -0.178. The van der Waals surface area contributed by atoms with E-state index in [4.69, 9.17) is 5.73 Å². The summed E-state index contributed by atoms with van der Waals surface area (Å²) in [6, 6.07) is 13.0. The zero-order valence-electron chi connectivity index (χ0n) is 15.4. The summed E-state index contributed by atoms with van der Waals surface area (Å²) in [6.45, 7) is 2.92. The molecule has 0 unspecified atom stereocenters. The SMILES string of the molecule is Cc1ccc(-c2nnc3n2CCCCC3)cc1NC(=O)c1cccc(N)c1. The summed E-state index contributed by atoms with van der Waals surface area (Å²) >= 11 is 0. The van der Waals surface area contributed by atoms with Crippen LogP contribution in [-0.4, -0.2) is 20.7 Å². The normalized spacial score (nSPS) is 13.7. The molecule has 3 aromatic rings. The number of anilines is 2. The molecule has 0 aliphatic carbocycles. The maximum atomic E-state index is 12.6. The number of amides is 1. The van der Waals surface area contributed by atoms with E-state index < -0.39 is 0 Å². The molecule has 0 atom stereocenters. The zero-order chi connectivity index (χ0) is 18.8. The van der Waals surface area contributed by atoms with E-state index in [1.807, 2.05) is 25.1 Å². The number of hydrogen-bond acceptors (Lipinski definition) is 4. The molecule has 0 saturated heterocycles. The van der Waals surface area contributed by atoms with Crippen LogP contribution in [0.25, 0.3) is 11.4 Å². The van der Waals surface area contributed by atoms with E-state index in [0.717, 1.165) is 54.3 Å². The van der Waals surface area contributed by atoms with E-state index in [1.54, 1.807) is 24.3 Å². The minimum absolute atomic E-state index is 0.178. The summed E-state index contributed by atoms with van der Waals surface area (Å²) in [5.74, 6) is 1.74. The van der Waals surface area contributed by atoms with E-state index in [9.17, 15) is 4.79 Å². The van der Waals surface area contributed by atoms with Crippen molar-refractivity contribution in [3.8, 4) is 11.4 Å². The number of benzene rings is 2. The van der Waals surface area contributed by atoms with Gasteiger partial charge in [-0.05, 0) is 49.6 Å². The van der Waals surface area contributed by atoms with Gasteiger partial charge >= 0.3 is 0 Å². The molecule has 2 aromatic carbocycles. The smallest absolute Gasteiger partial charge is 0.255 e. The molecule has 1 amide bonds. The van der Waals surface area contributed by atoms with Gasteiger partial charge in [-0.1, -0.05) is 24.6 Å². The van der Waals surface area contributed by atoms with Crippen molar-refractivity contribution in [3.05, 3.63) is 59.4 Å². The number of rotatable bonds is 3. The molecule has 0 radical (unpaired) electrons. The highest BCUT2D eigenvalue weighted by molar-refractivity contribution is 6.05. The highest BCUT2D eigenvalue weighted by atomic mass is 16.1. The minimum Gasteiger partial charge on any atom is -0.399 e. The Balaban J connectivity index is 1.64. The van der Waals surface area contributed by atoms with Crippen LogP contribution >= 0.6 is 0 Å². The molecule has 0 fully saturated rings. The monoisotopic (exact) mass is 361 g/mol. The van der Waals surface area contributed by atoms with Crippen LogP contribution in [0.2, 0.25) is 0 Å². The van der Waals surface area contributed by atoms with Crippen molar-refractivity contribution in [2.24, 2.45) is 0 Å². The molecule has 2 heterocycles. The van der Waals surface area contributed by atoms with Crippen LogP contribution in [0.5, 0.6) is 0 Å². The standard InChI is InChI=1S/C21H23N5O/c1-14-9-10-15(20-25-24-19-8-3-2-4-11-26(19)20)13-18(14)23-21(27)16-6-5-7-17(22)12-16/h5-7,9-10,12-13H,2-4,8,11,22H2,1H3,(H,23,27). The van der Waals surface area contributed by atoms with Gasteiger partial charge in [-0.2, -0.15) is 0 Å². The summed E-state index contributed by atoms with van der Waals surface area (Å²) in [7, 11) is 0. The van der Waals surface area contributed by atoms with Crippen molar-refractivity contribution >= 4 is 17.3 Å². The van der Waals surface area contributed by atoms with Crippen molar-refractivity contribution in [2.45, 2.75) is 39.2 Å². The van der Waals surface area contributed by atoms with Crippen LogP contribution in [-0.2, 0) is 13.0 Å². The van der Waals surface area contributed by atoms with E-state index in [-0.39, 0.29) is 5.91 Å². The Labute approximate surface area is 158 Å². The summed E-state index contributed by atoms with van der Waals surface area (Å²) in [5, 5.41) is 11.8. The third kappa shape index (κ3) is 3.56. The Morgan fingerprint density at radius 3 is 2.85 bits per heavy atom. The second-order valence-corrected chi connectivity index (χ2v) is 7.01. The van der Waals surface area contributed by atoms with E-state index >= 15 is 0 Å². The lowest BCUT2D eigenvalue weighted by atomic mass is 10.1. The fraction of sp³-hybridized carbons (Fsp3) is 0.286. The van der Waals surface area contributed by atoms with E-state index in [2.05, 4.69) is 20.1 Å². The third-order valence-electron chi connectivity index (χ3n) is 5.00. The summed E-state index contributed by atoms with van der Waals surface area (Å²) < 4.78 is 2.21. The summed E-state index contributed by atoms with van der Waals surface area (Å²) in [5.41, 5.74) is 9.62. The molecule has 27 heavy (non-hydrogen) atoms. The molecule has 6 heteroatoms. The first-order chi connectivity index (χ1) is 13.1. The molecule has 0 saturated carbocycles. The van der Waals surface area contributed by atoms with E-state index in [0.29, 0.717) is 11.3 Å². The predicted molar refractivity (Wildman–Crippen MR) is 107 cm³/mol. The lowest BCUT2D eigenvalue weighted by molar-refractivity contribution is 0.102.